The van der Waals surface area contributed by atoms with E-state index in [1.54, 1.807) is 23.1 Å². The number of hydrogen-bond acceptors (Lipinski definition) is 3. The van der Waals surface area contributed by atoms with Gasteiger partial charge >= 0.3 is 12.6 Å². The summed E-state index contributed by atoms with van der Waals surface area (Å²) in [5.41, 5.74) is 0.951. The van der Waals surface area contributed by atoms with Gasteiger partial charge < -0.3 is 20.3 Å². The third kappa shape index (κ3) is 5.42. The van der Waals surface area contributed by atoms with Crippen LogP contribution in [0, 0.1) is 0 Å². The molecular weight excluding hydrogens is 368 g/mol. The fraction of sp³-hybridized carbons (Fsp3) is 0.300. The summed E-state index contributed by atoms with van der Waals surface area (Å²) in [6.07, 6.45) is 1.53. The fourth-order valence-electron chi connectivity index (χ4n) is 3.15. The van der Waals surface area contributed by atoms with E-state index in [2.05, 4.69) is 15.4 Å². The van der Waals surface area contributed by atoms with E-state index in [0.717, 1.165) is 12.8 Å². The molecule has 6 nitrogen and oxygen atoms in total. The predicted octanol–water partition coefficient (Wildman–Crippen LogP) is 3.71. The van der Waals surface area contributed by atoms with Gasteiger partial charge in [0.15, 0.2) is 0 Å². The molecule has 1 heterocycles. The number of nitrogens with zero attached hydrogens (tertiary/aromatic N) is 1. The quantitative estimate of drug-likeness (QED) is 0.819. The number of rotatable bonds is 5. The SMILES string of the molecule is O=C(Nc1cccc(OC(F)F)c1)N[C@@H]1CCCN(C(=O)c2ccccc2)C1. The first-order valence-corrected chi connectivity index (χ1v) is 8.98. The van der Waals surface area contributed by atoms with Crippen LogP contribution in [0.3, 0.4) is 0 Å². The highest BCUT2D eigenvalue weighted by Gasteiger charge is 2.25. The number of alkyl halides is 2. The number of piperidine rings is 1. The molecule has 1 atom stereocenters. The summed E-state index contributed by atoms with van der Waals surface area (Å²) in [7, 11) is 0. The molecule has 8 heteroatoms. The lowest BCUT2D eigenvalue weighted by Crippen LogP contribution is -2.50. The Kier molecular flexibility index (Phi) is 6.41. The summed E-state index contributed by atoms with van der Waals surface area (Å²) in [5.74, 6) is -0.102. The molecule has 0 aliphatic carbocycles. The van der Waals surface area contributed by atoms with Crippen LogP contribution in [0.15, 0.2) is 54.6 Å². The average molecular weight is 389 g/mol. The summed E-state index contributed by atoms with van der Waals surface area (Å²) in [6.45, 7) is -1.88. The van der Waals surface area contributed by atoms with Gasteiger partial charge in [0.1, 0.15) is 5.75 Å². The van der Waals surface area contributed by atoms with Crippen LogP contribution >= 0.6 is 0 Å². The highest BCUT2D eigenvalue weighted by atomic mass is 19.3. The van der Waals surface area contributed by atoms with E-state index >= 15 is 0 Å². The minimum atomic E-state index is -2.93. The monoisotopic (exact) mass is 389 g/mol. The Balaban J connectivity index is 1.55. The molecule has 1 saturated heterocycles. The maximum atomic E-state index is 12.6. The van der Waals surface area contributed by atoms with Crippen LogP contribution in [0.5, 0.6) is 5.75 Å². The van der Waals surface area contributed by atoms with Gasteiger partial charge in [-0.25, -0.2) is 4.79 Å². The third-order valence-corrected chi connectivity index (χ3v) is 4.38. The molecule has 0 spiro atoms. The number of amides is 3. The first kappa shape index (κ1) is 19.6. The first-order valence-electron chi connectivity index (χ1n) is 8.98. The molecule has 2 aromatic carbocycles. The molecule has 0 bridgehead atoms. The minimum absolute atomic E-state index is 0.0369. The number of carbonyl (C=O) groups is 2. The minimum Gasteiger partial charge on any atom is -0.435 e. The zero-order valence-electron chi connectivity index (χ0n) is 15.1. The van der Waals surface area contributed by atoms with Gasteiger partial charge in [0, 0.05) is 36.4 Å². The smallest absolute Gasteiger partial charge is 0.387 e. The molecule has 1 aliphatic rings. The zero-order chi connectivity index (χ0) is 19.9. The second-order valence-electron chi connectivity index (χ2n) is 6.46. The van der Waals surface area contributed by atoms with Crippen molar-refractivity contribution in [2.45, 2.75) is 25.5 Å². The van der Waals surface area contributed by atoms with E-state index in [1.165, 1.54) is 18.2 Å². The average Bonchev–Trinajstić information content (AvgIpc) is 2.68. The maximum absolute atomic E-state index is 12.6. The number of halogens is 2. The molecule has 3 rings (SSSR count). The molecule has 2 N–H and O–H groups in total. The topological polar surface area (TPSA) is 70.7 Å². The van der Waals surface area contributed by atoms with Gasteiger partial charge in [-0.05, 0) is 37.1 Å². The van der Waals surface area contributed by atoms with Crippen molar-refractivity contribution in [1.29, 1.82) is 0 Å². The van der Waals surface area contributed by atoms with Gasteiger partial charge in [-0.1, -0.05) is 24.3 Å². The van der Waals surface area contributed by atoms with E-state index < -0.39 is 12.6 Å². The molecule has 0 radical (unpaired) electrons. The van der Waals surface area contributed by atoms with Crippen molar-refractivity contribution in [1.82, 2.24) is 10.2 Å². The summed E-state index contributed by atoms with van der Waals surface area (Å²) >= 11 is 0. The first-order chi connectivity index (χ1) is 13.5. The largest absolute Gasteiger partial charge is 0.435 e. The summed E-state index contributed by atoms with van der Waals surface area (Å²) < 4.78 is 28.9. The van der Waals surface area contributed by atoms with Crippen molar-refractivity contribution >= 4 is 17.6 Å². The van der Waals surface area contributed by atoms with Crippen molar-refractivity contribution < 1.29 is 23.1 Å². The summed E-state index contributed by atoms with van der Waals surface area (Å²) in [5, 5.41) is 5.43. The Morgan fingerprint density at radius 3 is 2.64 bits per heavy atom. The van der Waals surface area contributed by atoms with Crippen LogP contribution < -0.4 is 15.4 Å². The van der Waals surface area contributed by atoms with Crippen molar-refractivity contribution in [2.24, 2.45) is 0 Å². The molecular formula is C20H21F2N3O3. The Morgan fingerprint density at radius 2 is 1.89 bits per heavy atom. The molecule has 0 saturated carbocycles. The highest BCUT2D eigenvalue weighted by molar-refractivity contribution is 5.94. The Morgan fingerprint density at radius 1 is 1.11 bits per heavy atom. The van der Waals surface area contributed by atoms with Crippen LogP contribution in [-0.2, 0) is 0 Å². The van der Waals surface area contributed by atoms with E-state index in [-0.39, 0.29) is 17.7 Å². The number of anilines is 1. The standard InChI is InChI=1S/C20H21F2N3O3/c21-19(22)28-17-10-4-8-15(12-17)23-20(27)24-16-9-5-11-25(13-16)18(26)14-6-2-1-3-7-14/h1-4,6-8,10,12,16,19H,5,9,11,13H2,(H2,23,24,27)/t16-/m1/s1. The number of hydrogen-bond donors (Lipinski definition) is 2. The van der Waals surface area contributed by atoms with Crippen LogP contribution in [0.4, 0.5) is 19.3 Å². The van der Waals surface area contributed by atoms with Crippen LogP contribution in [0.25, 0.3) is 0 Å². The molecule has 148 valence electrons. The Hall–Kier alpha value is -3.16. The van der Waals surface area contributed by atoms with Crippen molar-refractivity contribution in [3.05, 3.63) is 60.2 Å². The number of ether oxygens (including phenoxy) is 1. The molecule has 2 aromatic rings. The maximum Gasteiger partial charge on any atom is 0.387 e. The van der Waals surface area contributed by atoms with E-state index in [9.17, 15) is 18.4 Å². The Labute approximate surface area is 161 Å². The second kappa shape index (κ2) is 9.16. The fourth-order valence-corrected chi connectivity index (χ4v) is 3.15. The van der Waals surface area contributed by atoms with Gasteiger partial charge in [0.25, 0.3) is 5.91 Å². The van der Waals surface area contributed by atoms with Crippen molar-refractivity contribution in [2.75, 3.05) is 18.4 Å². The summed E-state index contributed by atoms with van der Waals surface area (Å²) in [4.78, 5) is 26.5. The number of benzene rings is 2. The molecule has 3 amide bonds. The van der Waals surface area contributed by atoms with Gasteiger partial charge in [-0.15, -0.1) is 0 Å². The highest BCUT2D eigenvalue weighted by Crippen LogP contribution is 2.19. The number of likely N-dealkylation sites (tertiary alicyclic amines) is 1. The van der Waals surface area contributed by atoms with Gasteiger partial charge in [0.2, 0.25) is 0 Å². The van der Waals surface area contributed by atoms with Gasteiger partial charge in [-0.3, -0.25) is 4.79 Å². The lowest BCUT2D eigenvalue weighted by Gasteiger charge is -2.33. The lowest BCUT2D eigenvalue weighted by molar-refractivity contribution is -0.0498. The predicted molar refractivity (Wildman–Crippen MR) is 101 cm³/mol. The molecule has 1 aliphatic heterocycles. The zero-order valence-corrected chi connectivity index (χ0v) is 15.1. The number of urea groups is 1. The summed E-state index contributed by atoms with van der Waals surface area (Å²) in [6, 6.07) is 14.1. The van der Waals surface area contributed by atoms with Crippen LogP contribution in [-0.4, -0.2) is 42.6 Å². The molecule has 28 heavy (non-hydrogen) atoms. The Bertz CT molecular complexity index is 817. The van der Waals surface area contributed by atoms with Crippen molar-refractivity contribution in [3.63, 3.8) is 0 Å². The molecule has 1 fully saturated rings. The van der Waals surface area contributed by atoms with Crippen molar-refractivity contribution in [3.8, 4) is 5.75 Å². The van der Waals surface area contributed by atoms with Gasteiger partial charge in [-0.2, -0.15) is 8.78 Å². The number of carbonyl (C=O) groups excluding carboxylic acids is 2. The van der Waals surface area contributed by atoms with E-state index in [4.69, 9.17) is 0 Å². The number of nitrogens with one attached hydrogen (secondary N) is 2. The third-order valence-electron chi connectivity index (χ3n) is 4.38. The van der Waals surface area contributed by atoms with E-state index in [0.29, 0.717) is 24.3 Å². The molecule has 0 unspecified atom stereocenters. The normalized spacial score (nSPS) is 16.5. The van der Waals surface area contributed by atoms with Crippen LogP contribution in [0.1, 0.15) is 23.2 Å². The van der Waals surface area contributed by atoms with Gasteiger partial charge in [0.05, 0.1) is 0 Å². The van der Waals surface area contributed by atoms with E-state index in [1.807, 2.05) is 18.2 Å². The molecule has 0 aromatic heterocycles. The lowest BCUT2D eigenvalue weighted by atomic mass is 10.0. The van der Waals surface area contributed by atoms with Crippen LogP contribution in [0.2, 0.25) is 0 Å². The second-order valence-corrected chi connectivity index (χ2v) is 6.46.